The summed E-state index contributed by atoms with van der Waals surface area (Å²) in [5.74, 6) is 0.0944. The number of alkyl carbamates (subject to hydrolysis) is 1. The first kappa shape index (κ1) is 14.1. The molecule has 2 aliphatic rings. The smallest absolute Gasteiger partial charge is 0.407 e. The molecule has 1 heterocycles. The van der Waals surface area contributed by atoms with Gasteiger partial charge in [0.15, 0.2) is 0 Å². The van der Waals surface area contributed by atoms with Gasteiger partial charge in [0.1, 0.15) is 0 Å². The van der Waals surface area contributed by atoms with Crippen LogP contribution in [0.25, 0.3) is 0 Å². The number of nitrogens with zero attached hydrogens (tertiary/aromatic N) is 1. The fourth-order valence-corrected chi connectivity index (χ4v) is 2.83. The van der Waals surface area contributed by atoms with Gasteiger partial charge < -0.3 is 19.7 Å². The van der Waals surface area contributed by atoms with E-state index in [0.29, 0.717) is 32.7 Å². The summed E-state index contributed by atoms with van der Waals surface area (Å²) in [5, 5.41) is 2.57. The van der Waals surface area contributed by atoms with Crippen molar-refractivity contribution in [2.75, 3.05) is 26.3 Å². The van der Waals surface area contributed by atoms with Crippen LogP contribution in [0, 0.1) is 0 Å². The minimum atomic E-state index is -0.462. The lowest BCUT2D eigenvalue weighted by Gasteiger charge is -2.37. The molecule has 1 aliphatic carbocycles. The van der Waals surface area contributed by atoms with Crippen LogP contribution in [-0.4, -0.2) is 55.3 Å². The van der Waals surface area contributed by atoms with Gasteiger partial charge in [0, 0.05) is 19.5 Å². The highest BCUT2D eigenvalue weighted by Crippen LogP contribution is 2.29. The first-order valence-electron chi connectivity index (χ1n) is 7.04. The zero-order valence-corrected chi connectivity index (χ0v) is 11.4. The van der Waals surface area contributed by atoms with Crippen LogP contribution in [0.5, 0.6) is 0 Å². The van der Waals surface area contributed by atoms with E-state index < -0.39 is 6.09 Å². The van der Waals surface area contributed by atoms with Crippen molar-refractivity contribution in [3.8, 4) is 0 Å². The first-order chi connectivity index (χ1) is 9.22. The molecule has 6 nitrogen and oxygen atoms in total. The molecule has 1 aliphatic heterocycles. The van der Waals surface area contributed by atoms with E-state index in [4.69, 9.17) is 9.47 Å². The highest BCUT2D eigenvalue weighted by Gasteiger charge is 2.37. The second-order valence-electron chi connectivity index (χ2n) is 4.89. The zero-order valence-electron chi connectivity index (χ0n) is 11.4. The number of rotatable bonds is 4. The second kappa shape index (κ2) is 6.75. The zero-order chi connectivity index (χ0) is 13.7. The highest BCUT2D eigenvalue weighted by atomic mass is 16.5. The number of carbonyl (C=O) groups excluding carboxylic acids is 2. The Morgan fingerprint density at radius 3 is 3.05 bits per heavy atom. The Balaban J connectivity index is 1.74. The van der Waals surface area contributed by atoms with E-state index in [1.54, 1.807) is 6.92 Å². The normalized spacial score (nSPS) is 25.8. The number of amides is 2. The number of hydrogen-bond donors (Lipinski definition) is 1. The molecule has 0 radical (unpaired) electrons. The van der Waals surface area contributed by atoms with Gasteiger partial charge in [0.05, 0.1) is 25.4 Å². The maximum absolute atomic E-state index is 12.2. The summed E-state index contributed by atoms with van der Waals surface area (Å²) >= 11 is 0. The molecule has 0 unspecified atom stereocenters. The summed E-state index contributed by atoms with van der Waals surface area (Å²) in [6, 6.07) is 0.240. The summed E-state index contributed by atoms with van der Waals surface area (Å²) in [4.78, 5) is 25.2. The Kier molecular flexibility index (Phi) is 5.01. The molecule has 2 atom stereocenters. The van der Waals surface area contributed by atoms with E-state index in [1.165, 1.54) is 0 Å². The molecule has 2 amide bonds. The second-order valence-corrected chi connectivity index (χ2v) is 4.89. The Hall–Kier alpha value is -1.30. The fraction of sp³-hybridized carbons (Fsp3) is 0.846. The van der Waals surface area contributed by atoms with Crippen molar-refractivity contribution in [2.24, 2.45) is 0 Å². The average molecular weight is 270 g/mol. The van der Waals surface area contributed by atoms with Crippen molar-refractivity contribution >= 4 is 12.0 Å². The van der Waals surface area contributed by atoms with Gasteiger partial charge >= 0.3 is 6.09 Å². The van der Waals surface area contributed by atoms with Gasteiger partial charge in [0.25, 0.3) is 0 Å². The average Bonchev–Trinajstić information content (AvgIpc) is 2.86. The molecule has 0 aromatic rings. The molecule has 6 heteroatoms. The molecule has 2 rings (SSSR count). The third-order valence-corrected chi connectivity index (χ3v) is 3.69. The van der Waals surface area contributed by atoms with E-state index in [2.05, 4.69) is 5.32 Å². The summed E-state index contributed by atoms with van der Waals surface area (Å²) in [7, 11) is 0. The summed E-state index contributed by atoms with van der Waals surface area (Å²) in [5.41, 5.74) is 0. The molecule has 0 spiro atoms. The lowest BCUT2D eigenvalue weighted by atomic mass is 10.1. The van der Waals surface area contributed by atoms with Crippen LogP contribution in [-0.2, 0) is 14.3 Å². The van der Waals surface area contributed by atoms with Crippen molar-refractivity contribution < 1.29 is 19.1 Å². The van der Waals surface area contributed by atoms with Crippen molar-refractivity contribution in [3.05, 3.63) is 0 Å². The van der Waals surface area contributed by atoms with Gasteiger partial charge in [-0.3, -0.25) is 4.79 Å². The molecule has 108 valence electrons. The highest BCUT2D eigenvalue weighted by molar-refractivity contribution is 5.77. The first-order valence-corrected chi connectivity index (χ1v) is 7.04. The summed E-state index contributed by atoms with van der Waals surface area (Å²) in [6.07, 6.45) is 3.28. The number of fused-ring (bicyclic) bond motifs is 1. The quantitative estimate of drug-likeness (QED) is 0.824. The lowest BCUT2D eigenvalue weighted by molar-refractivity contribution is -0.143. The third kappa shape index (κ3) is 3.59. The topological polar surface area (TPSA) is 67.9 Å². The van der Waals surface area contributed by atoms with Crippen LogP contribution in [0.1, 0.15) is 32.6 Å². The molecule has 1 saturated heterocycles. The van der Waals surface area contributed by atoms with E-state index >= 15 is 0 Å². The Morgan fingerprint density at radius 2 is 2.26 bits per heavy atom. The van der Waals surface area contributed by atoms with Gasteiger partial charge in [-0.05, 0) is 26.2 Å². The molecule has 0 bridgehead atoms. The minimum absolute atomic E-state index is 0.0944. The van der Waals surface area contributed by atoms with Crippen LogP contribution in [0.3, 0.4) is 0 Å². The van der Waals surface area contributed by atoms with E-state index in [0.717, 1.165) is 19.3 Å². The van der Waals surface area contributed by atoms with Gasteiger partial charge in [-0.2, -0.15) is 0 Å². The molecule has 0 aromatic heterocycles. The molecular formula is C13H22N2O4. The van der Waals surface area contributed by atoms with Crippen LogP contribution >= 0.6 is 0 Å². The predicted molar refractivity (Wildman–Crippen MR) is 68.7 cm³/mol. The Labute approximate surface area is 113 Å². The molecule has 19 heavy (non-hydrogen) atoms. The number of ether oxygens (including phenoxy) is 2. The Bertz CT molecular complexity index is 335. The molecule has 2 fully saturated rings. The van der Waals surface area contributed by atoms with Crippen molar-refractivity contribution in [3.63, 3.8) is 0 Å². The molecule has 0 aromatic carbocycles. The SMILES string of the molecule is CCOC(=O)NCCC(=O)N1CCO[C@H]2CCC[C@@H]21. The Morgan fingerprint density at radius 1 is 1.42 bits per heavy atom. The molecule has 1 N–H and O–H groups in total. The lowest BCUT2D eigenvalue weighted by Crippen LogP contribution is -2.51. The molecule has 1 saturated carbocycles. The maximum atomic E-state index is 12.2. The van der Waals surface area contributed by atoms with Gasteiger partial charge in [0.2, 0.25) is 5.91 Å². The van der Waals surface area contributed by atoms with Crippen molar-refractivity contribution in [1.82, 2.24) is 10.2 Å². The fourth-order valence-electron chi connectivity index (χ4n) is 2.83. The number of hydrogen-bond acceptors (Lipinski definition) is 4. The number of nitrogens with one attached hydrogen (secondary N) is 1. The standard InChI is InChI=1S/C13H22N2O4/c1-2-18-13(17)14-7-6-12(16)15-8-9-19-11-5-3-4-10(11)15/h10-11H,2-9H2,1H3,(H,14,17)/t10-,11-/m0/s1. The minimum Gasteiger partial charge on any atom is -0.450 e. The van der Waals surface area contributed by atoms with Gasteiger partial charge in [-0.15, -0.1) is 0 Å². The number of morpholine rings is 1. The largest absolute Gasteiger partial charge is 0.450 e. The van der Waals surface area contributed by atoms with E-state index in [-0.39, 0.29) is 18.1 Å². The van der Waals surface area contributed by atoms with Crippen LogP contribution in [0.2, 0.25) is 0 Å². The number of carbonyl (C=O) groups is 2. The predicted octanol–water partition coefficient (Wildman–Crippen LogP) is 0.902. The summed E-state index contributed by atoms with van der Waals surface area (Å²) < 4.78 is 10.4. The van der Waals surface area contributed by atoms with E-state index in [9.17, 15) is 9.59 Å². The third-order valence-electron chi connectivity index (χ3n) is 3.69. The van der Waals surface area contributed by atoms with Crippen molar-refractivity contribution in [1.29, 1.82) is 0 Å². The summed E-state index contributed by atoms with van der Waals surface area (Å²) in [6.45, 7) is 3.70. The van der Waals surface area contributed by atoms with Crippen LogP contribution in [0.15, 0.2) is 0 Å². The van der Waals surface area contributed by atoms with Crippen LogP contribution < -0.4 is 5.32 Å². The van der Waals surface area contributed by atoms with Gasteiger partial charge in [-0.25, -0.2) is 4.79 Å². The maximum Gasteiger partial charge on any atom is 0.407 e. The van der Waals surface area contributed by atoms with Gasteiger partial charge in [-0.1, -0.05) is 0 Å². The van der Waals surface area contributed by atoms with E-state index in [1.807, 2.05) is 4.90 Å². The monoisotopic (exact) mass is 270 g/mol. The van der Waals surface area contributed by atoms with Crippen LogP contribution in [0.4, 0.5) is 4.79 Å². The van der Waals surface area contributed by atoms with Crippen molar-refractivity contribution in [2.45, 2.75) is 44.8 Å². The molecular weight excluding hydrogens is 248 g/mol.